The van der Waals surface area contributed by atoms with Crippen LogP contribution in [0.15, 0.2) is 40.9 Å². The number of carbonyl (C=O) groups excluding carboxylic acids is 1. The molecule has 2 heterocycles. The monoisotopic (exact) mass is 325 g/mol. The lowest BCUT2D eigenvalue weighted by Gasteiger charge is -2.34. The van der Waals surface area contributed by atoms with Crippen molar-refractivity contribution in [2.45, 2.75) is 25.8 Å². The van der Waals surface area contributed by atoms with E-state index in [4.69, 9.17) is 4.52 Å². The molecule has 0 radical (unpaired) electrons. The molecule has 2 atom stereocenters. The van der Waals surface area contributed by atoms with Crippen LogP contribution in [0.2, 0.25) is 0 Å². The maximum atomic E-state index is 12.7. The maximum absolute atomic E-state index is 12.7. The summed E-state index contributed by atoms with van der Waals surface area (Å²) in [6.45, 7) is 6.12. The van der Waals surface area contributed by atoms with Crippen LogP contribution in [-0.4, -0.2) is 47.0 Å². The van der Waals surface area contributed by atoms with E-state index < -0.39 is 0 Å². The quantitative estimate of drug-likeness (QED) is 0.866. The minimum absolute atomic E-state index is 0.191. The Bertz CT molecular complexity index is 704. The molecule has 0 unspecified atom stereocenters. The summed E-state index contributed by atoms with van der Waals surface area (Å²) >= 11 is 0. The number of aryl methyl sites for hydroxylation is 1. The molecule has 1 saturated carbocycles. The molecule has 4 rings (SSSR count). The molecular formula is C19H23N3O2. The highest BCUT2D eigenvalue weighted by molar-refractivity contribution is 5.83. The first-order chi connectivity index (χ1) is 11.7. The van der Waals surface area contributed by atoms with E-state index >= 15 is 0 Å². The van der Waals surface area contributed by atoms with Gasteiger partial charge in [0, 0.05) is 38.2 Å². The first-order valence-electron chi connectivity index (χ1n) is 8.69. The van der Waals surface area contributed by atoms with Crippen molar-refractivity contribution in [1.29, 1.82) is 0 Å². The van der Waals surface area contributed by atoms with Gasteiger partial charge in [-0.25, -0.2) is 0 Å². The molecule has 0 bridgehead atoms. The third-order valence-electron chi connectivity index (χ3n) is 5.08. The zero-order valence-electron chi connectivity index (χ0n) is 14.0. The number of rotatable bonds is 4. The van der Waals surface area contributed by atoms with Crippen molar-refractivity contribution < 1.29 is 9.32 Å². The summed E-state index contributed by atoms with van der Waals surface area (Å²) in [5.41, 5.74) is 2.22. The van der Waals surface area contributed by atoms with E-state index in [9.17, 15) is 4.79 Å². The lowest BCUT2D eigenvalue weighted by Crippen LogP contribution is -2.48. The van der Waals surface area contributed by atoms with Crippen molar-refractivity contribution in [2.24, 2.45) is 5.92 Å². The molecule has 5 nitrogen and oxygen atoms in total. The third kappa shape index (κ3) is 3.22. The number of amides is 1. The average molecular weight is 325 g/mol. The Labute approximate surface area is 142 Å². The van der Waals surface area contributed by atoms with Gasteiger partial charge in [-0.1, -0.05) is 35.5 Å². The van der Waals surface area contributed by atoms with Gasteiger partial charge in [-0.2, -0.15) is 0 Å². The second-order valence-corrected chi connectivity index (χ2v) is 6.90. The van der Waals surface area contributed by atoms with Gasteiger partial charge in [-0.3, -0.25) is 9.69 Å². The largest absolute Gasteiger partial charge is 0.360 e. The van der Waals surface area contributed by atoms with E-state index in [-0.39, 0.29) is 5.92 Å². The number of hydrogen-bond donors (Lipinski definition) is 0. The fourth-order valence-electron chi connectivity index (χ4n) is 3.61. The summed E-state index contributed by atoms with van der Waals surface area (Å²) in [6.07, 6.45) is 1.00. The Morgan fingerprint density at radius 1 is 1.21 bits per heavy atom. The van der Waals surface area contributed by atoms with Crippen molar-refractivity contribution in [3.8, 4) is 0 Å². The summed E-state index contributed by atoms with van der Waals surface area (Å²) in [4.78, 5) is 17.1. The van der Waals surface area contributed by atoms with Crippen LogP contribution in [0.25, 0.3) is 0 Å². The first kappa shape index (κ1) is 15.4. The van der Waals surface area contributed by atoms with Crippen LogP contribution in [0.4, 0.5) is 0 Å². The van der Waals surface area contributed by atoms with Gasteiger partial charge in [0.2, 0.25) is 5.91 Å². The molecule has 2 aliphatic rings. The summed E-state index contributed by atoms with van der Waals surface area (Å²) < 4.78 is 5.28. The van der Waals surface area contributed by atoms with Crippen LogP contribution in [-0.2, 0) is 11.3 Å². The van der Waals surface area contributed by atoms with Crippen LogP contribution in [0.1, 0.15) is 29.4 Å². The van der Waals surface area contributed by atoms with Crippen LogP contribution >= 0.6 is 0 Å². The minimum atomic E-state index is 0.191. The van der Waals surface area contributed by atoms with Gasteiger partial charge in [-0.05, 0) is 24.8 Å². The number of hydrogen-bond acceptors (Lipinski definition) is 4. The Morgan fingerprint density at radius 3 is 2.62 bits per heavy atom. The van der Waals surface area contributed by atoms with Gasteiger partial charge in [0.15, 0.2) is 5.76 Å². The normalized spacial score (nSPS) is 24.1. The van der Waals surface area contributed by atoms with E-state index in [2.05, 4.69) is 34.3 Å². The molecule has 2 aromatic rings. The fourth-order valence-corrected chi connectivity index (χ4v) is 3.61. The van der Waals surface area contributed by atoms with Crippen LogP contribution < -0.4 is 0 Å². The molecule has 1 aromatic carbocycles. The third-order valence-corrected chi connectivity index (χ3v) is 5.08. The fraction of sp³-hybridized carbons (Fsp3) is 0.474. The predicted octanol–water partition coefficient (Wildman–Crippen LogP) is 2.43. The smallest absolute Gasteiger partial charge is 0.226 e. The van der Waals surface area contributed by atoms with Crippen molar-refractivity contribution in [3.05, 3.63) is 53.4 Å². The second-order valence-electron chi connectivity index (χ2n) is 6.90. The molecule has 1 aliphatic heterocycles. The number of carbonyl (C=O) groups is 1. The minimum Gasteiger partial charge on any atom is -0.360 e. The summed E-state index contributed by atoms with van der Waals surface area (Å²) in [5, 5.41) is 3.93. The van der Waals surface area contributed by atoms with Crippen LogP contribution in [0.5, 0.6) is 0 Å². The Balaban J connectivity index is 1.28. The van der Waals surface area contributed by atoms with Gasteiger partial charge in [-0.15, -0.1) is 0 Å². The Morgan fingerprint density at radius 2 is 1.96 bits per heavy atom. The highest BCUT2D eigenvalue weighted by Gasteiger charge is 2.45. The van der Waals surface area contributed by atoms with E-state index in [0.29, 0.717) is 11.8 Å². The van der Waals surface area contributed by atoms with Crippen molar-refractivity contribution >= 4 is 5.91 Å². The van der Waals surface area contributed by atoms with E-state index in [0.717, 1.165) is 50.6 Å². The van der Waals surface area contributed by atoms with E-state index in [1.165, 1.54) is 5.56 Å². The molecule has 1 amide bonds. The van der Waals surface area contributed by atoms with Crippen molar-refractivity contribution in [1.82, 2.24) is 15.0 Å². The Hall–Kier alpha value is -2.14. The average Bonchev–Trinajstić information content (AvgIpc) is 3.32. The zero-order chi connectivity index (χ0) is 16.5. The lowest BCUT2D eigenvalue weighted by molar-refractivity contribution is -0.134. The SMILES string of the molecule is Cc1cc(CN2CCN(C(=O)[C@H]3C[C@H]3c3ccccc3)CC2)on1. The van der Waals surface area contributed by atoms with Crippen molar-refractivity contribution in [3.63, 3.8) is 0 Å². The number of piperazine rings is 1. The molecular weight excluding hydrogens is 302 g/mol. The molecule has 24 heavy (non-hydrogen) atoms. The standard InChI is InChI=1S/C19H23N3O2/c1-14-11-16(24-20-14)13-21-7-9-22(10-8-21)19(23)18-12-17(18)15-5-3-2-4-6-15/h2-6,11,17-18H,7-10,12-13H2,1H3/t17-,18-/m0/s1. The number of nitrogens with zero attached hydrogens (tertiary/aromatic N) is 3. The molecule has 1 aliphatic carbocycles. The summed E-state index contributed by atoms with van der Waals surface area (Å²) in [5.74, 6) is 1.85. The molecule has 5 heteroatoms. The van der Waals surface area contributed by atoms with Crippen LogP contribution in [0, 0.1) is 12.8 Å². The van der Waals surface area contributed by atoms with Gasteiger partial charge in [0.1, 0.15) is 0 Å². The topological polar surface area (TPSA) is 49.6 Å². The Kier molecular flexibility index (Phi) is 4.10. The molecule has 0 spiro atoms. The van der Waals surface area contributed by atoms with Gasteiger partial charge in [0.25, 0.3) is 0 Å². The maximum Gasteiger partial charge on any atom is 0.226 e. The second kappa shape index (κ2) is 6.40. The first-order valence-corrected chi connectivity index (χ1v) is 8.69. The zero-order valence-corrected chi connectivity index (χ0v) is 14.0. The van der Waals surface area contributed by atoms with Gasteiger partial charge < -0.3 is 9.42 Å². The molecule has 1 aromatic heterocycles. The van der Waals surface area contributed by atoms with E-state index in [1.807, 2.05) is 24.0 Å². The summed E-state index contributed by atoms with van der Waals surface area (Å²) in [7, 11) is 0. The highest BCUT2D eigenvalue weighted by atomic mass is 16.5. The molecule has 2 fully saturated rings. The van der Waals surface area contributed by atoms with Gasteiger partial charge >= 0.3 is 0 Å². The molecule has 0 N–H and O–H groups in total. The van der Waals surface area contributed by atoms with Crippen molar-refractivity contribution in [2.75, 3.05) is 26.2 Å². The summed E-state index contributed by atoms with van der Waals surface area (Å²) in [6, 6.07) is 12.4. The molecule has 126 valence electrons. The number of benzene rings is 1. The molecule has 1 saturated heterocycles. The van der Waals surface area contributed by atoms with E-state index in [1.54, 1.807) is 0 Å². The predicted molar refractivity (Wildman–Crippen MR) is 90.4 cm³/mol. The number of aromatic nitrogens is 1. The highest BCUT2D eigenvalue weighted by Crippen LogP contribution is 2.48. The lowest BCUT2D eigenvalue weighted by atomic mass is 10.1. The van der Waals surface area contributed by atoms with Crippen LogP contribution in [0.3, 0.4) is 0 Å². The van der Waals surface area contributed by atoms with Gasteiger partial charge in [0.05, 0.1) is 12.2 Å².